The molecule has 4 nitrogen and oxygen atoms in total. The van der Waals surface area contributed by atoms with Gasteiger partial charge in [-0.2, -0.15) is 0 Å². The highest BCUT2D eigenvalue weighted by molar-refractivity contribution is 5.60. The number of nitrogens with zero attached hydrogens (tertiary/aromatic N) is 1. The molecule has 4 heteroatoms. The molecule has 0 radical (unpaired) electrons. The van der Waals surface area contributed by atoms with Crippen LogP contribution in [0.25, 0.3) is 11.3 Å². The van der Waals surface area contributed by atoms with Crippen LogP contribution in [0.15, 0.2) is 48.7 Å². The Hall–Kier alpha value is -2.59. The average molecular weight is 308 g/mol. The Morgan fingerprint density at radius 1 is 1.09 bits per heavy atom. The number of aromatic amines is 1. The van der Waals surface area contributed by atoms with Crippen molar-refractivity contribution in [3.63, 3.8) is 0 Å². The standard InChI is InChI=1S/C19H20N2O2/c1-12-6-4-7-13(2)17(12)18(22)19-20-11-16(21-19)14-8-5-9-15(10-14)23-3/h4-11,18,22H,1-3H3,(H,20,21). The first-order chi connectivity index (χ1) is 11.1. The Bertz CT molecular complexity index is 803. The second-order valence-electron chi connectivity index (χ2n) is 5.62. The molecule has 0 amide bonds. The summed E-state index contributed by atoms with van der Waals surface area (Å²) in [5, 5.41) is 10.7. The monoisotopic (exact) mass is 308 g/mol. The van der Waals surface area contributed by atoms with Gasteiger partial charge in [0.2, 0.25) is 0 Å². The zero-order valence-electron chi connectivity index (χ0n) is 13.5. The van der Waals surface area contributed by atoms with E-state index in [0.717, 1.165) is 33.7 Å². The second-order valence-corrected chi connectivity index (χ2v) is 5.62. The van der Waals surface area contributed by atoms with Crippen molar-refractivity contribution >= 4 is 0 Å². The van der Waals surface area contributed by atoms with E-state index in [9.17, 15) is 5.11 Å². The van der Waals surface area contributed by atoms with E-state index in [0.29, 0.717) is 5.82 Å². The fraction of sp³-hybridized carbons (Fsp3) is 0.211. The van der Waals surface area contributed by atoms with Crippen molar-refractivity contribution < 1.29 is 9.84 Å². The Morgan fingerprint density at radius 2 is 1.78 bits per heavy atom. The molecule has 2 aromatic carbocycles. The summed E-state index contributed by atoms with van der Waals surface area (Å²) in [7, 11) is 1.64. The van der Waals surface area contributed by atoms with Gasteiger partial charge in [-0.05, 0) is 42.7 Å². The van der Waals surface area contributed by atoms with E-state index in [2.05, 4.69) is 9.97 Å². The summed E-state index contributed by atoms with van der Waals surface area (Å²) in [6.45, 7) is 3.99. The van der Waals surface area contributed by atoms with E-state index >= 15 is 0 Å². The molecule has 1 unspecified atom stereocenters. The number of aliphatic hydroxyl groups is 1. The molecule has 1 heterocycles. The van der Waals surface area contributed by atoms with E-state index in [1.54, 1.807) is 13.3 Å². The van der Waals surface area contributed by atoms with Crippen LogP contribution in [-0.4, -0.2) is 22.2 Å². The number of aromatic nitrogens is 2. The lowest BCUT2D eigenvalue weighted by molar-refractivity contribution is 0.209. The van der Waals surface area contributed by atoms with Crippen LogP contribution in [0.2, 0.25) is 0 Å². The predicted octanol–water partition coefficient (Wildman–Crippen LogP) is 3.78. The lowest BCUT2D eigenvalue weighted by Gasteiger charge is -2.14. The number of H-pyrrole nitrogens is 1. The maximum Gasteiger partial charge on any atom is 0.140 e. The molecular formula is C19H20N2O2. The number of aryl methyl sites for hydroxylation is 2. The molecule has 118 valence electrons. The third-order valence-electron chi connectivity index (χ3n) is 4.05. The molecule has 3 rings (SSSR count). The van der Waals surface area contributed by atoms with Crippen LogP contribution in [0.4, 0.5) is 0 Å². The van der Waals surface area contributed by atoms with Gasteiger partial charge in [0, 0.05) is 5.56 Å². The van der Waals surface area contributed by atoms with Gasteiger partial charge in [-0.25, -0.2) is 4.98 Å². The summed E-state index contributed by atoms with van der Waals surface area (Å²) >= 11 is 0. The third kappa shape index (κ3) is 2.98. The van der Waals surface area contributed by atoms with E-state index in [4.69, 9.17) is 4.74 Å². The van der Waals surface area contributed by atoms with Crippen LogP contribution in [0.3, 0.4) is 0 Å². The molecule has 0 aliphatic heterocycles. The van der Waals surface area contributed by atoms with Gasteiger partial charge < -0.3 is 14.8 Å². The van der Waals surface area contributed by atoms with E-state index in [-0.39, 0.29) is 0 Å². The number of benzene rings is 2. The average Bonchev–Trinajstić information content (AvgIpc) is 3.04. The van der Waals surface area contributed by atoms with Crippen molar-refractivity contribution in [2.24, 2.45) is 0 Å². The molecule has 3 aromatic rings. The van der Waals surface area contributed by atoms with Gasteiger partial charge >= 0.3 is 0 Å². The number of ether oxygens (including phenoxy) is 1. The zero-order valence-corrected chi connectivity index (χ0v) is 13.5. The molecule has 0 saturated carbocycles. The Balaban J connectivity index is 1.95. The first kappa shape index (κ1) is 15.3. The molecule has 0 spiro atoms. The normalized spacial score (nSPS) is 12.2. The fourth-order valence-corrected chi connectivity index (χ4v) is 2.81. The van der Waals surface area contributed by atoms with Crippen LogP contribution in [-0.2, 0) is 0 Å². The summed E-state index contributed by atoms with van der Waals surface area (Å²) in [5.74, 6) is 1.33. The maximum absolute atomic E-state index is 10.7. The van der Waals surface area contributed by atoms with Crippen LogP contribution in [0.5, 0.6) is 5.75 Å². The van der Waals surface area contributed by atoms with Gasteiger partial charge in [-0.15, -0.1) is 0 Å². The number of hydrogen-bond donors (Lipinski definition) is 2. The molecule has 0 aliphatic carbocycles. The fourth-order valence-electron chi connectivity index (χ4n) is 2.81. The summed E-state index contributed by atoms with van der Waals surface area (Å²) in [4.78, 5) is 7.58. The molecule has 0 aliphatic rings. The topological polar surface area (TPSA) is 58.1 Å². The van der Waals surface area contributed by atoms with Crippen LogP contribution < -0.4 is 4.74 Å². The molecular weight excluding hydrogens is 288 g/mol. The van der Waals surface area contributed by atoms with Crippen molar-refractivity contribution in [3.8, 4) is 17.0 Å². The highest BCUT2D eigenvalue weighted by atomic mass is 16.5. The largest absolute Gasteiger partial charge is 0.497 e. The Kier molecular flexibility index (Phi) is 4.17. The predicted molar refractivity (Wildman–Crippen MR) is 90.6 cm³/mol. The molecule has 2 N–H and O–H groups in total. The van der Waals surface area contributed by atoms with Gasteiger partial charge in [0.05, 0.1) is 19.0 Å². The zero-order chi connectivity index (χ0) is 16.4. The second kappa shape index (κ2) is 6.26. The quantitative estimate of drug-likeness (QED) is 0.771. The Morgan fingerprint density at radius 3 is 2.48 bits per heavy atom. The van der Waals surface area contributed by atoms with Crippen LogP contribution in [0.1, 0.15) is 28.6 Å². The van der Waals surface area contributed by atoms with Gasteiger partial charge in [0.15, 0.2) is 0 Å². The number of hydrogen-bond acceptors (Lipinski definition) is 3. The lowest BCUT2D eigenvalue weighted by Crippen LogP contribution is -2.06. The Labute approximate surface area is 135 Å². The third-order valence-corrected chi connectivity index (χ3v) is 4.05. The van der Waals surface area contributed by atoms with Gasteiger partial charge in [0.25, 0.3) is 0 Å². The highest BCUT2D eigenvalue weighted by Gasteiger charge is 2.18. The summed E-state index contributed by atoms with van der Waals surface area (Å²) < 4.78 is 5.25. The summed E-state index contributed by atoms with van der Waals surface area (Å²) in [5.41, 5.74) is 4.83. The number of aliphatic hydroxyl groups excluding tert-OH is 1. The number of nitrogens with one attached hydrogen (secondary N) is 1. The number of imidazole rings is 1. The highest BCUT2D eigenvalue weighted by Crippen LogP contribution is 2.28. The number of methoxy groups -OCH3 is 1. The molecule has 0 bridgehead atoms. The smallest absolute Gasteiger partial charge is 0.140 e. The van der Waals surface area contributed by atoms with Crippen LogP contribution >= 0.6 is 0 Å². The molecule has 1 atom stereocenters. The summed E-state index contributed by atoms with van der Waals surface area (Å²) in [6.07, 6.45) is 0.969. The van der Waals surface area contributed by atoms with Gasteiger partial charge in [-0.1, -0.05) is 30.3 Å². The first-order valence-corrected chi connectivity index (χ1v) is 7.53. The lowest BCUT2D eigenvalue weighted by atomic mass is 9.98. The maximum atomic E-state index is 10.7. The van der Waals surface area contributed by atoms with Gasteiger partial charge in [-0.3, -0.25) is 0 Å². The molecule has 0 saturated heterocycles. The first-order valence-electron chi connectivity index (χ1n) is 7.53. The van der Waals surface area contributed by atoms with Crippen LogP contribution in [0, 0.1) is 13.8 Å². The molecule has 23 heavy (non-hydrogen) atoms. The van der Waals surface area contributed by atoms with E-state index < -0.39 is 6.10 Å². The van der Waals surface area contributed by atoms with Crippen molar-refractivity contribution in [1.82, 2.24) is 9.97 Å². The SMILES string of the molecule is COc1cccc(-c2cnc(C(O)c3c(C)cccc3C)[nH]2)c1. The van der Waals surface area contributed by atoms with Crippen molar-refractivity contribution in [2.75, 3.05) is 7.11 Å². The van der Waals surface area contributed by atoms with Gasteiger partial charge in [0.1, 0.15) is 17.7 Å². The van der Waals surface area contributed by atoms with E-state index in [1.807, 2.05) is 56.3 Å². The minimum absolute atomic E-state index is 0.542. The van der Waals surface area contributed by atoms with Crippen molar-refractivity contribution in [1.29, 1.82) is 0 Å². The van der Waals surface area contributed by atoms with Crippen molar-refractivity contribution in [3.05, 3.63) is 71.2 Å². The van der Waals surface area contributed by atoms with Crippen molar-refractivity contribution in [2.45, 2.75) is 20.0 Å². The minimum Gasteiger partial charge on any atom is -0.497 e. The summed E-state index contributed by atoms with van der Waals surface area (Å²) in [6, 6.07) is 13.7. The minimum atomic E-state index is -0.768. The molecule has 1 aromatic heterocycles. The van der Waals surface area contributed by atoms with E-state index in [1.165, 1.54) is 0 Å². The number of rotatable bonds is 4. The molecule has 0 fully saturated rings.